The molecule has 0 aliphatic carbocycles. The van der Waals surface area contributed by atoms with Gasteiger partial charge in [-0.05, 0) is 52.1 Å². The molecule has 2 nitrogen and oxygen atoms in total. The third-order valence-electron chi connectivity index (χ3n) is 4.89. The summed E-state index contributed by atoms with van der Waals surface area (Å²) in [6.07, 6.45) is 5.27. The lowest BCUT2D eigenvalue weighted by Crippen LogP contribution is -2.47. The van der Waals surface area contributed by atoms with Gasteiger partial charge < -0.3 is 5.32 Å². The van der Waals surface area contributed by atoms with E-state index in [2.05, 4.69) is 62.2 Å². The Morgan fingerprint density at radius 1 is 1.14 bits per heavy atom. The molecule has 1 N–H and O–H groups in total. The molecule has 1 aliphatic heterocycles. The van der Waals surface area contributed by atoms with Crippen molar-refractivity contribution in [2.24, 2.45) is 0 Å². The summed E-state index contributed by atoms with van der Waals surface area (Å²) in [7, 11) is 0. The second-order valence-electron chi connectivity index (χ2n) is 6.74. The Kier molecular flexibility index (Phi) is 6.25. The summed E-state index contributed by atoms with van der Waals surface area (Å²) < 4.78 is 0. The van der Waals surface area contributed by atoms with Gasteiger partial charge in [-0.2, -0.15) is 0 Å². The van der Waals surface area contributed by atoms with E-state index in [9.17, 15) is 0 Å². The zero-order valence-corrected chi connectivity index (χ0v) is 14.2. The highest BCUT2D eigenvalue weighted by molar-refractivity contribution is 5.24. The Labute approximate surface area is 130 Å². The van der Waals surface area contributed by atoms with Gasteiger partial charge in [0.15, 0.2) is 0 Å². The predicted octanol–water partition coefficient (Wildman–Crippen LogP) is 4.30. The molecule has 0 aromatic heterocycles. The number of aryl methyl sites for hydroxylation is 1. The number of hydrogen-bond acceptors (Lipinski definition) is 2. The Hall–Kier alpha value is -0.860. The maximum atomic E-state index is 3.75. The number of benzene rings is 1. The number of nitrogens with one attached hydrogen (secondary N) is 1. The number of rotatable bonds is 6. The van der Waals surface area contributed by atoms with Gasteiger partial charge >= 0.3 is 0 Å². The molecule has 1 saturated heterocycles. The molecule has 2 heteroatoms. The fourth-order valence-electron chi connectivity index (χ4n) is 3.45. The van der Waals surface area contributed by atoms with E-state index in [4.69, 9.17) is 0 Å². The molecule has 0 bridgehead atoms. The molecule has 1 aliphatic rings. The SMILES string of the molecule is CCCNC(CN1C(C)CCCC1C)c1ccc(C)cc1. The first-order valence-electron chi connectivity index (χ1n) is 8.67. The van der Waals surface area contributed by atoms with Gasteiger partial charge in [0.05, 0.1) is 0 Å². The van der Waals surface area contributed by atoms with E-state index in [1.54, 1.807) is 0 Å². The minimum atomic E-state index is 0.452. The monoisotopic (exact) mass is 288 g/mol. The molecule has 1 aromatic carbocycles. The van der Waals surface area contributed by atoms with Crippen molar-refractivity contribution in [3.63, 3.8) is 0 Å². The smallest absolute Gasteiger partial charge is 0.0449 e. The highest BCUT2D eigenvalue weighted by atomic mass is 15.2. The highest BCUT2D eigenvalue weighted by Gasteiger charge is 2.27. The summed E-state index contributed by atoms with van der Waals surface area (Å²) in [4.78, 5) is 2.71. The van der Waals surface area contributed by atoms with Crippen molar-refractivity contribution in [2.75, 3.05) is 13.1 Å². The van der Waals surface area contributed by atoms with Crippen LogP contribution >= 0.6 is 0 Å². The van der Waals surface area contributed by atoms with Gasteiger partial charge in [-0.1, -0.05) is 43.2 Å². The molecule has 0 amide bonds. The van der Waals surface area contributed by atoms with Gasteiger partial charge in [0.25, 0.3) is 0 Å². The maximum absolute atomic E-state index is 3.75. The molecular formula is C19H32N2. The zero-order chi connectivity index (χ0) is 15.2. The van der Waals surface area contributed by atoms with Crippen LogP contribution in [0.1, 0.15) is 63.6 Å². The van der Waals surface area contributed by atoms with Crippen LogP contribution in [0.4, 0.5) is 0 Å². The molecule has 1 aromatic rings. The third-order valence-corrected chi connectivity index (χ3v) is 4.89. The van der Waals surface area contributed by atoms with Crippen LogP contribution in [0, 0.1) is 6.92 Å². The van der Waals surface area contributed by atoms with Crippen molar-refractivity contribution in [1.82, 2.24) is 10.2 Å². The van der Waals surface area contributed by atoms with E-state index in [-0.39, 0.29) is 0 Å². The normalized spacial score (nSPS) is 25.0. The van der Waals surface area contributed by atoms with Crippen LogP contribution in [-0.2, 0) is 0 Å². The fraction of sp³-hybridized carbons (Fsp3) is 0.684. The standard InChI is InChI=1S/C19H32N2/c1-5-13-20-19(18-11-9-15(2)10-12-18)14-21-16(3)7-6-8-17(21)4/h9-12,16-17,19-20H,5-8,13-14H2,1-4H3. The lowest BCUT2D eigenvalue weighted by molar-refractivity contribution is 0.0908. The summed E-state index contributed by atoms with van der Waals surface area (Å²) in [5.41, 5.74) is 2.77. The van der Waals surface area contributed by atoms with Crippen LogP contribution in [0.2, 0.25) is 0 Å². The van der Waals surface area contributed by atoms with Gasteiger partial charge in [0, 0.05) is 24.7 Å². The molecule has 1 heterocycles. The van der Waals surface area contributed by atoms with E-state index >= 15 is 0 Å². The molecule has 1 fully saturated rings. The number of likely N-dealkylation sites (tertiary alicyclic amines) is 1. The van der Waals surface area contributed by atoms with Crippen LogP contribution in [-0.4, -0.2) is 30.1 Å². The number of piperidine rings is 1. The maximum Gasteiger partial charge on any atom is 0.0449 e. The van der Waals surface area contributed by atoms with Crippen molar-refractivity contribution in [3.05, 3.63) is 35.4 Å². The summed E-state index contributed by atoms with van der Waals surface area (Å²) >= 11 is 0. The second kappa shape index (κ2) is 7.95. The van der Waals surface area contributed by atoms with Crippen molar-refractivity contribution in [3.8, 4) is 0 Å². The highest BCUT2D eigenvalue weighted by Crippen LogP contribution is 2.26. The molecular weight excluding hydrogens is 256 g/mol. The van der Waals surface area contributed by atoms with E-state index in [1.165, 1.54) is 36.8 Å². The second-order valence-corrected chi connectivity index (χ2v) is 6.74. The third kappa shape index (κ3) is 4.55. The lowest BCUT2D eigenvalue weighted by Gasteiger charge is -2.41. The summed E-state index contributed by atoms with van der Waals surface area (Å²) in [6, 6.07) is 10.9. The molecule has 0 spiro atoms. The van der Waals surface area contributed by atoms with Gasteiger partial charge in [-0.15, -0.1) is 0 Å². The zero-order valence-electron chi connectivity index (χ0n) is 14.2. The van der Waals surface area contributed by atoms with Gasteiger partial charge in [0.1, 0.15) is 0 Å². The van der Waals surface area contributed by atoms with Gasteiger partial charge in [-0.25, -0.2) is 0 Å². The minimum absolute atomic E-state index is 0.452. The van der Waals surface area contributed by atoms with E-state index in [0.29, 0.717) is 18.1 Å². The van der Waals surface area contributed by atoms with Crippen LogP contribution in [0.25, 0.3) is 0 Å². The van der Waals surface area contributed by atoms with Crippen molar-refractivity contribution in [1.29, 1.82) is 0 Å². The van der Waals surface area contributed by atoms with Crippen molar-refractivity contribution in [2.45, 2.75) is 71.5 Å². The number of nitrogens with zero attached hydrogens (tertiary/aromatic N) is 1. The summed E-state index contributed by atoms with van der Waals surface area (Å²) in [6.45, 7) is 11.4. The first-order chi connectivity index (χ1) is 10.1. The largest absolute Gasteiger partial charge is 0.309 e. The quantitative estimate of drug-likeness (QED) is 0.839. The molecule has 3 atom stereocenters. The fourth-order valence-corrected chi connectivity index (χ4v) is 3.45. The Morgan fingerprint density at radius 3 is 2.33 bits per heavy atom. The first kappa shape index (κ1) is 16.5. The average molecular weight is 288 g/mol. The molecule has 118 valence electrons. The Bertz CT molecular complexity index is 402. The summed E-state index contributed by atoms with van der Waals surface area (Å²) in [5, 5.41) is 3.75. The predicted molar refractivity (Wildman–Crippen MR) is 91.7 cm³/mol. The number of hydrogen-bond donors (Lipinski definition) is 1. The molecule has 0 saturated carbocycles. The summed E-state index contributed by atoms with van der Waals surface area (Å²) in [5.74, 6) is 0. The minimum Gasteiger partial charge on any atom is -0.309 e. The lowest BCUT2D eigenvalue weighted by atomic mass is 9.95. The van der Waals surface area contributed by atoms with Crippen LogP contribution < -0.4 is 5.32 Å². The van der Waals surface area contributed by atoms with Crippen LogP contribution in [0.5, 0.6) is 0 Å². The Balaban J connectivity index is 2.09. The van der Waals surface area contributed by atoms with Gasteiger partial charge in [-0.3, -0.25) is 4.90 Å². The van der Waals surface area contributed by atoms with E-state index < -0.39 is 0 Å². The van der Waals surface area contributed by atoms with E-state index in [1.807, 2.05) is 0 Å². The van der Waals surface area contributed by atoms with Crippen LogP contribution in [0.3, 0.4) is 0 Å². The van der Waals surface area contributed by atoms with Gasteiger partial charge in [0.2, 0.25) is 0 Å². The van der Waals surface area contributed by atoms with Crippen LogP contribution in [0.15, 0.2) is 24.3 Å². The average Bonchev–Trinajstić information content (AvgIpc) is 2.47. The molecule has 3 unspecified atom stereocenters. The van der Waals surface area contributed by atoms with Crippen molar-refractivity contribution >= 4 is 0 Å². The topological polar surface area (TPSA) is 15.3 Å². The molecule has 2 rings (SSSR count). The molecule has 0 radical (unpaired) electrons. The first-order valence-corrected chi connectivity index (χ1v) is 8.67. The van der Waals surface area contributed by atoms with E-state index in [0.717, 1.165) is 13.1 Å². The Morgan fingerprint density at radius 2 is 1.76 bits per heavy atom. The van der Waals surface area contributed by atoms with Crippen molar-refractivity contribution < 1.29 is 0 Å². The molecule has 21 heavy (non-hydrogen) atoms.